The van der Waals surface area contributed by atoms with E-state index in [9.17, 15) is 9.59 Å². The SMILES string of the molecule is CCCC(=O)N[C@H](COC(C)=O)[C@H](c1ccc(C)cc1)c1ccc(OC)cc1. The van der Waals surface area contributed by atoms with Gasteiger partial charge in [0.15, 0.2) is 0 Å². The molecule has 0 bridgehead atoms. The van der Waals surface area contributed by atoms with Crippen LogP contribution in [0, 0.1) is 6.92 Å². The first kappa shape index (κ1) is 21.5. The number of amides is 1. The van der Waals surface area contributed by atoms with Crippen molar-refractivity contribution in [2.75, 3.05) is 13.7 Å². The highest BCUT2D eigenvalue weighted by Crippen LogP contribution is 2.30. The van der Waals surface area contributed by atoms with Gasteiger partial charge in [-0.2, -0.15) is 0 Å². The van der Waals surface area contributed by atoms with Crippen LogP contribution in [0.1, 0.15) is 49.3 Å². The molecule has 0 fully saturated rings. The Labute approximate surface area is 167 Å². The van der Waals surface area contributed by atoms with Crippen LogP contribution in [0.5, 0.6) is 5.75 Å². The van der Waals surface area contributed by atoms with Gasteiger partial charge in [0.1, 0.15) is 12.4 Å². The van der Waals surface area contributed by atoms with Gasteiger partial charge in [0.05, 0.1) is 13.2 Å². The van der Waals surface area contributed by atoms with E-state index in [2.05, 4.69) is 17.4 Å². The summed E-state index contributed by atoms with van der Waals surface area (Å²) in [5.74, 6) is 0.182. The van der Waals surface area contributed by atoms with Crippen LogP contribution >= 0.6 is 0 Å². The zero-order valence-electron chi connectivity index (χ0n) is 17.0. The quantitative estimate of drug-likeness (QED) is 0.665. The first-order valence-corrected chi connectivity index (χ1v) is 9.57. The van der Waals surface area contributed by atoms with Gasteiger partial charge in [0.2, 0.25) is 5.91 Å². The van der Waals surface area contributed by atoms with E-state index in [4.69, 9.17) is 9.47 Å². The van der Waals surface area contributed by atoms with Crippen LogP contribution in [0.25, 0.3) is 0 Å². The Morgan fingerprint density at radius 3 is 2.07 bits per heavy atom. The van der Waals surface area contributed by atoms with Gasteiger partial charge in [-0.3, -0.25) is 9.59 Å². The summed E-state index contributed by atoms with van der Waals surface area (Å²) in [5, 5.41) is 3.07. The molecule has 0 heterocycles. The first-order chi connectivity index (χ1) is 13.4. The van der Waals surface area contributed by atoms with Crippen molar-refractivity contribution in [1.29, 1.82) is 0 Å². The van der Waals surface area contributed by atoms with E-state index in [1.807, 2.05) is 50.2 Å². The summed E-state index contributed by atoms with van der Waals surface area (Å²) < 4.78 is 10.6. The average molecular weight is 383 g/mol. The number of hydrogen-bond donors (Lipinski definition) is 1. The second kappa shape index (κ2) is 10.5. The van der Waals surface area contributed by atoms with Crippen molar-refractivity contribution >= 4 is 11.9 Å². The molecule has 5 heteroatoms. The van der Waals surface area contributed by atoms with Crippen LogP contribution in [-0.4, -0.2) is 31.6 Å². The number of carbonyl (C=O) groups excluding carboxylic acids is 2. The highest BCUT2D eigenvalue weighted by atomic mass is 16.5. The van der Waals surface area contributed by atoms with Crippen molar-refractivity contribution in [2.24, 2.45) is 0 Å². The number of esters is 1. The molecule has 0 aliphatic heterocycles. The van der Waals surface area contributed by atoms with E-state index < -0.39 is 0 Å². The molecule has 2 rings (SSSR count). The van der Waals surface area contributed by atoms with E-state index >= 15 is 0 Å². The van der Waals surface area contributed by atoms with E-state index in [0.29, 0.717) is 6.42 Å². The molecule has 5 nitrogen and oxygen atoms in total. The van der Waals surface area contributed by atoms with E-state index in [-0.39, 0.29) is 30.4 Å². The fourth-order valence-electron chi connectivity index (χ4n) is 3.18. The Hall–Kier alpha value is -2.82. The Morgan fingerprint density at radius 1 is 1.00 bits per heavy atom. The number of rotatable bonds is 9. The number of methoxy groups -OCH3 is 1. The smallest absolute Gasteiger partial charge is 0.302 e. The molecule has 0 aliphatic carbocycles. The van der Waals surface area contributed by atoms with Crippen LogP contribution in [-0.2, 0) is 14.3 Å². The maximum Gasteiger partial charge on any atom is 0.302 e. The molecule has 2 atom stereocenters. The summed E-state index contributed by atoms with van der Waals surface area (Å²) in [6, 6.07) is 15.6. The molecule has 1 N–H and O–H groups in total. The van der Waals surface area contributed by atoms with Gasteiger partial charge in [0, 0.05) is 19.3 Å². The van der Waals surface area contributed by atoms with Gasteiger partial charge in [-0.05, 0) is 36.6 Å². The average Bonchev–Trinajstić information content (AvgIpc) is 2.68. The zero-order chi connectivity index (χ0) is 20.5. The maximum absolute atomic E-state index is 12.3. The Morgan fingerprint density at radius 2 is 1.57 bits per heavy atom. The predicted molar refractivity (Wildman–Crippen MR) is 109 cm³/mol. The monoisotopic (exact) mass is 383 g/mol. The van der Waals surface area contributed by atoms with Crippen molar-refractivity contribution in [1.82, 2.24) is 5.32 Å². The van der Waals surface area contributed by atoms with Crippen LogP contribution < -0.4 is 10.1 Å². The molecular formula is C23H29NO4. The summed E-state index contributed by atoms with van der Waals surface area (Å²) in [4.78, 5) is 23.8. The van der Waals surface area contributed by atoms with Crippen molar-refractivity contribution < 1.29 is 19.1 Å². The molecule has 0 spiro atoms. The highest BCUT2D eigenvalue weighted by Gasteiger charge is 2.27. The highest BCUT2D eigenvalue weighted by molar-refractivity contribution is 5.76. The van der Waals surface area contributed by atoms with Crippen LogP contribution in [0.2, 0.25) is 0 Å². The molecule has 0 radical (unpaired) electrons. The van der Waals surface area contributed by atoms with Gasteiger partial charge in [-0.15, -0.1) is 0 Å². The minimum absolute atomic E-state index is 0.0507. The second-order valence-electron chi connectivity index (χ2n) is 6.89. The lowest BCUT2D eigenvalue weighted by molar-refractivity contribution is -0.142. The summed E-state index contributed by atoms with van der Waals surface area (Å²) in [7, 11) is 1.63. The topological polar surface area (TPSA) is 64.6 Å². The zero-order valence-corrected chi connectivity index (χ0v) is 17.0. The largest absolute Gasteiger partial charge is 0.497 e. The molecule has 0 aromatic heterocycles. The third-order valence-corrected chi connectivity index (χ3v) is 4.60. The lowest BCUT2D eigenvalue weighted by Gasteiger charge is -2.29. The second-order valence-corrected chi connectivity index (χ2v) is 6.89. The number of aryl methyl sites for hydroxylation is 1. The molecule has 0 saturated carbocycles. The van der Waals surface area contributed by atoms with Gasteiger partial charge < -0.3 is 14.8 Å². The van der Waals surface area contributed by atoms with Crippen molar-refractivity contribution in [3.8, 4) is 5.75 Å². The Kier molecular flexibility index (Phi) is 8.05. The molecule has 0 aliphatic rings. The Balaban J connectivity index is 2.44. The lowest BCUT2D eigenvalue weighted by Crippen LogP contribution is -2.43. The Bertz CT molecular complexity index is 768. The van der Waals surface area contributed by atoms with Gasteiger partial charge in [-0.25, -0.2) is 0 Å². The minimum Gasteiger partial charge on any atom is -0.497 e. The molecule has 0 unspecified atom stereocenters. The van der Waals surface area contributed by atoms with Gasteiger partial charge >= 0.3 is 5.97 Å². The molecular weight excluding hydrogens is 354 g/mol. The number of nitrogens with one attached hydrogen (secondary N) is 1. The van der Waals surface area contributed by atoms with Gasteiger partial charge in [-0.1, -0.05) is 48.9 Å². The molecule has 2 aromatic carbocycles. The summed E-state index contributed by atoms with van der Waals surface area (Å²) in [6.07, 6.45) is 1.18. The lowest BCUT2D eigenvalue weighted by atomic mass is 9.84. The van der Waals surface area contributed by atoms with Crippen molar-refractivity contribution in [2.45, 2.75) is 45.6 Å². The maximum atomic E-state index is 12.3. The van der Waals surface area contributed by atoms with E-state index in [1.54, 1.807) is 7.11 Å². The summed E-state index contributed by atoms with van der Waals surface area (Å²) in [6.45, 7) is 5.47. The molecule has 150 valence electrons. The van der Waals surface area contributed by atoms with Crippen molar-refractivity contribution in [3.63, 3.8) is 0 Å². The van der Waals surface area contributed by atoms with Crippen LogP contribution in [0.3, 0.4) is 0 Å². The minimum atomic E-state index is -0.376. The molecule has 0 saturated heterocycles. The third kappa shape index (κ3) is 6.12. The summed E-state index contributed by atoms with van der Waals surface area (Å²) in [5.41, 5.74) is 3.21. The fourth-order valence-corrected chi connectivity index (χ4v) is 3.18. The van der Waals surface area contributed by atoms with E-state index in [1.165, 1.54) is 6.92 Å². The van der Waals surface area contributed by atoms with E-state index in [0.717, 1.165) is 28.9 Å². The predicted octanol–water partition coefficient (Wildman–Crippen LogP) is 3.98. The van der Waals surface area contributed by atoms with Crippen LogP contribution in [0.15, 0.2) is 48.5 Å². The molecule has 28 heavy (non-hydrogen) atoms. The standard InChI is InChI=1S/C23H29NO4/c1-5-6-22(26)24-21(15-28-17(3)25)23(18-9-7-16(2)8-10-18)19-11-13-20(27-4)14-12-19/h7-14,21,23H,5-6,15H2,1-4H3,(H,24,26)/t21-,23-/m1/s1. The number of ether oxygens (including phenoxy) is 2. The third-order valence-electron chi connectivity index (χ3n) is 4.60. The number of hydrogen-bond acceptors (Lipinski definition) is 4. The normalized spacial score (nSPS) is 12.7. The summed E-state index contributed by atoms with van der Waals surface area (Å²) >= 11 is 0. The molecule has 2 aromatic rings. The number of benzene rings is 2. The first-order valence-electron chi connectivity index (χ1n) is 9.57. The fraction of sp³-hybridized carbons (Fsp3) is 0.391. The van der Waals surface area contributed by atoms with Crippen LogP contribution in [0.4, 0.5) is 0 Å². The number of carbonyl (C=O) groups is 2. The molecule has 1 amide bonds. The van der Waals surface area contributed by atoms with Crippen molar-refractivity contribution in [3.05, 3.63) is 65.2 Å². The van der Waals surface area contributed by atoms with Gasteiger partial charge in [0.25, 0.3) is 0 Å².